The average molecular weight is 961 g/mol. The zero-order valence-corrected chi connectivity index (χ0v) is 43.3. The van der Waals surface area contributed by atoms with Crippen molar-refractivity contribution in [1.29, 1.82) is 0 Å². The molecule has 0 aliphatic carbocycles. The van der Waals surface area contributed by atoms with Gasteiger partial charge in [-0.2, -0.15) is 0 Å². The minimum atomic E-state index is -2.69. The quantitative estimate of drug-likeness (QED) is 0.0389. The molecule has 0 N–H and O–H groups in total. The molecule has 1 aromatic carbocycles. The summed E-state index contributed by atoms with van der Waals surface area (Å²) in [6.07, 6.45) is 30.9. The molecule has 1 aromatic rings. The van der Waals surface area contributed by atoms with Gasteiger partial charge in [0.1, 0.15) is 0 Å². The van der Waals surface area contributed by atoms with Gasteiger partial charge in [-0.3, -0.25) is 0 Å². The van der Waals surface area contributed by atoms with Crippen molar-refractivity contribution in [2.24, 2.45) is 0 Å². The van der Waals surface area contributed by atoms with E-state index in [-0.39, 0.29) is 0 Å². The monoisotopic (exact) mass is 962 g/mol. The second kappa shape index (κ2) is 34.6. The Morgan fingerprint density at radius 3 is 0.889 bits per heavy atom. The molecule has 0 aliphatic rings. The summed E-state index contributed by atoms with van der Waals surface area (Å²) in [5.74, 6) is 9.73. The van der Waals surface area contributed by atoms with E-state index >= 15 is 0 Å². The molecular weight excluding hydrogens is 870 g/mol. The van der Waals surface area contributed by atoms with Gasteiger partial charge in [0, 0.05) is 0 Å². The zero-order valence-electron chi connectivity index (χ0n) is 37.6. The van der Waals surface area contributed by atoms with Crippen molar-refractivity contribution in [2.45, 2.75) is 236 Å². The zero-order chi connectivity index (χ0) is 39.6. The Bertz CT molecular complexity index is 1030. The normalized spacial score (nSPS) is 11.6. The van der Waals surface area contributed by atoms with Crippen LogP contribution in [-0.2, 0) is 0 Å². The second-order valence-electron chi connectivity index (χ2n) is 16.8. The van der Waals surface area contributed by atoms with Crippen molar-refractivity contribution in [3.05, 3.63) is 23.3 Å². The van der Waals surface area contributed by atoms with E-state index in [1.54, 1.807) is 0 Å². The van der Waals surface area contributed by atoms with Crippen molar-refractivity contribution in [2.75, 3.05) is 13.2 Å². The van der Waals surface area contributed by atoms with E-state index in [9.17, 15) is 0 Å². The van der Waals surface area contributed by atoms with Crippen LogP contribution >= 0.6 is 0 Å². The van der Waals surface area contributed by atoms with Crippen LogP contribution in [0.3, 0.4) is 0 Å². The van der Waals surface area contributed by atoms with Crippen molar-refractivity contribution in [3.63, 3.8) is 0 Å². The fraction of sp³-hybridized carbons (Fsp3) is 0.800. The molecule has 0 radical (unpaired) electrons. The van der Waals surface area contributed by atoms with E-state index in [4.69, 9.17) is 9.47 Å². The van der Waals surface area contributed by atoms with E-state index in [1.807, 2.05) is 0 Å². The molecule has 0 heterocycles. The average Bonchev–Trinajstić information content (AvgIpc) is 3.19. The van der Waals surface area contributed by atoms with E-state index in [1.165, 1.54) is 168 Å². The molecule has 0 atom stereocenters. The van der Waals surface area contributed by atoms with Gasteiger partial charge in [0.15, 0.2) is 0 Å². The van der Waals surface area contributed by atoms with Crippen LogP contribution in [0.4, 0.5) is 0 Å². The van der Waals surface area contributed by atoms with Gasteiger partial charge in [-0.25, -0.2) is 0 Å². The molecule has 54 heavy (non-hydrogen) atoms. The van der Waals surface area contributed by atoms with E-state index in [0.717, 1.165) is 48.7 Å². The Labute approximate surface area is 347 Å². The molecule has 0 amide bonds. The van der Waals surface area contributed by atoms with Crippen molar-refractivity contribution < 1.29 is 9.47 Å². The fourth-order valence-electron chi connectivity index (χ4n) is 7.74. The number of rotatable bonds is 34. The summed E-state index contributed by atoms with van der Waals surface area (Å²) in [4.78, 5) is 0. The van der Waals surface area contributed by atoms with Gasteiger partial charge >= 0.3 is 336 Å². The molecule has 4 heteroatoms. The molecule has 0 saturated carbocycles. The van der Waals surface area contributed by atoms with Gasteiger partial charge in [0.2, 0.25) is 0 Å². The third kappa shape index (κ3) is 23.1. The third-order valence-electron chi connectivity index (χ3n) is 11.6. The first-order valence-electron chi connectivity index (χ1n) is 23.9. The number of hydrogen-bond acceptors (Lipinski definition) is 2. The van der Waals surface area contributed by atoms with E-state index in [0.29, 0.717) is 0 Å². The second-order valence-corrected chi connectivity index (χ2v) is 41.4. The van der Waals surface area contributed by atoms with Gasteiger partial charge < -0.3 is 0 Å². The first kappa shape index (κ1) is 51.6. The molecule has 0 fully saturated rings. The topological polar surface area (TPSA) is 18.5 Å². The summed E-state index contributed by atoms with van der Waals surface area (Å²) in [5.41, 5.74) is 2.13. The van der Waals surface area contributed by atoms with Gasteiger partial charge in [0.25, 0.3) is 0 Å². The summed E-state index contributed by atoms with van der Waals surface area (Å²) in [6, 6.07) is 4.56. The Balaban J connectivity index is 3.84. The van der Waals surface area contributed by atoms with Crippen LogP contribution in [0.5, 0.6) is 11.5 Å². The third-order valence-corrected chi connectivity index (χ3v) is 37.8. The number of hydrogen-bond donors (Lipinski definition) is 0. The maximum absolute atomic E-state index is 6.77. The molecule has 0 aromatic heterocycles. The van der Waals surface area contributed by atoms with Crippen molar-refractivity contribution in [1.82, 2.24) is 0 Å². The first-order chi connectivity index (χ1) is 26.4. The molecule has 2 nitrogen and oxygen atoms in total. The van der Waals surface area contributed by atoms with Crippen LogP contribution in [0, 0.1) is 19.7 Å². The fourth-order valence-corrected chi connectivity index (χ4v) is 34.1. The number of unbranched alkanes of at least 4 members (excludes halogenated alkanes) is 16. The molecule has 310 valence electrons. The number of ether oxygens (including phenoxy) is 2. The summed E-state index contributed by atoms with van der Waals surface area (Å²) in [7, 11) is 0. The van der Waals surface area contributed by atoms with Crippen LogP contribution in [-0.4, -0.2) is 50.0 Å². The number of benzene rings is 1. The molecule has 0 aliphatic heterocycles. The van der Waals surface area contributed by atoms with Crippen LogP contribution < -0.4 is 9.47 Å². The summed E-state index contributed by atoms with van der Waals surface area (Å²) in [6.45, 7) is 20.3. The molecular formula is C50H90O2Sn2. The van der Waals surface area contributed by atoms with Crippen molar-refractivity contribution in [3.8, 4) is 31.2 Å². The minimum absolute atomic E-state index is 0.758. The van der Waals surface area contributed by atoms with Gasteiger partial charge in [0.05, 0.1) is 0 Å². The molecule has 0 spiro atoms. The van der Waals surface area contributed by atoms with Gasteiger partial charge in [-0.05, 0) is 0 Å². The van der Waals surface area contributed by atoms with Crippen molar-refractivity contribution >= 4 is 36.8 Å². The van der Waals surface area contributed by atoms with E-state index in [2.05, 4.69) is 87.2 Å². The summed E-state index contributed by atoms with van der Waals surface area (Å²) >= 11 is -5.38. The molecule has 0 unspecified atom stereocenters. The Kier molecular flexibility index (Phi) is 33.0. The SMILES string of the molecule is CCCCCCCCOc1cc(C#[C][Sn]([CH2]CCC)([CH2]CCC)[CH2]CCC)c(OCCCCCCCC)cc1C#[C][Sn]([CH2]CCC)([CH2]CCC)[CH2]CCC. The molecule has 0 bridgehead atoms. The summed E-state index contributed by atoms with van der Waals surface area (Å²) < 4.78 is 30.3. The van der Waals surface area contributed by atoms with Crippen LogP contribution in [0.1, 0.15) is 221 Å². The predicted octanol–water partition coefficient (Wildman–Crippen LogP) is 16.6. The molecule has 1 rings (SSSR count). The first-order valence-corrected chi connectivity index (χ1v) is 38.9. The van der Waals surface area contributed by atoms with Crippen LogP contribution in [0.25, 0.3) is 0 Å². The predicted molar refractivity (Wildman–Crippen MR) is 248 cm³/mol. The van der Waals surface area contributed by atoms with E-state index < -0.39 is 36.8 Å². The van der Waals surface area contributed by atoms with Gasteiger partial charge in [-0.1, -0.05) is 13.8 Å². The Morgan fingerprint density at radius 2 is 0.611 bits per heavy atom. The maximum atomic E-state index is 6.77. The Morgan fingerprint density at radius 1 is 0.352 bits per heavy atom. The van der Waals surface area contributed by atoms with Crippen LogP contribution in [0.15, 0.2) is 12.1 Å². The Hall–Kier alpha value is -0.463. The summed E-state index contributed by atoms with van der Waals surface area (Å²) in [5, 5.41) is 0. The van der Waals surface area contributed by atoms with Gasteiger partial charge in [-0.15, -0.1) is 0 Å². The molecule has 0 saturated heterocycles. The van der Waals surface area contributed by atoms with Crippen LogP contribution in [0.2, 0.25) is 26.6 Å². The standard InChI is InChI=1S/C26H36O2.6C4H9.2Sn/c1-5-9-11-13-15-17-19-27-25-21-24(8-4)26(22-23(25)7-3)28-20-18-16-14-12-10-6-2;6*1-3-4-2;;/h21-22H,5-6,9-20H2,1-2H3;6*1,3-4H2,2H3;;.